The minimum atomic E-state index is -1.31. The maximum absolute atomic E-state index is 11.1. The van der Waals surface area contributed by atoms with Gasteiger partial charge in [-0.3, -0.25) is 4.79 Å². The number of methoxy groups -OCH3 is 1. The molecule has 1 heterocycles. The summed E-state index contributed by atoms with van der Waals surface area (Å²) in [7, 11) is 1.62. The number of carboxylic acid groups (broad SMARTS) is 1. The van der Waals surface area contributed by atoms with E-state index in [-0.39, 0.29) is 12.6 Å². The molecule has 0 aromatic heterocycles. The summed E-state index contributed by atoms with van der Waals surface area (Å²) in [5.41, 5.74) is 2.92. The number of amidine groups is 1. The second kappa shape index (κ2) is 10.0. The van der Waals surface area contributed by atoms with Crippen LogP contribution in [-0.2, 0) is 4.79 Å². The number of benzene rings is 3. The molecule has 1 unspecified atom stereocenters. The van der Waals surface area contributed by atoms with Gasteiger partial charge in [-0.1, -0.05) is 60.7 Å². The fourth-order valence-electron chi connectivity index (χ4n) is 3.83. The van der Waals surface area contributed by atoms with Crippen LogP contribution in [0.1, 0.15) is 17.2 Å². The van der Waals surface area contributed by atoms with Crippen LogP contribution in [0.3, 0.4) is 0 Å². The Hall–Kier alpha value is -4.10. The molecule has 0 bridgehead atoms. The van der Waals surface area contributed by atoms with Gasteiger partial charge in [0.05, 0.1) is 13.2 Å². The molecule has 0 spiro atoms. The summed E-state index contributed by atoms with van der Waals surface area (Å²) in [6.45, 7) is -0.349. The Balaban J connectivity index is 1.84. The lowest BCUT2D eigenvalue weighted by molar-refractivity contribution is -0.139. The molecule has 0 saturated carbocycles. The maximum atomic E-state index is 11.1. The van der Waals surface area contributed by atoms with Crippen molar-refractivity contribution >= 4 is 17.5 Å². The second-order valence-electron chi connectivity index (χ2n) is 7.51. The molecule has 7 nitrogen and oxygen atoms in total. The van der Waals surface area contributed by atoms with Crippen molar-refractivity contribution in [1.82, 2.24) is 4.90 Å². The minimum Gasteiger partial charge on any atom is -0.497 e. The van der Waals surface area contributed by atoms with Crippen molar-refractivity contribution in [3.05, 3.63) is 108 Å². The second-order valence-corrected chi connectivity index (χ2v) is 7.51. The zero-order valence-electron chi connectivity index (χ0n) is 18.2. The van der Waals surface area contributed by atoms with Gasteiger partial charge in [-0.2, -0.15) is 0 Å². The van der Waals surface area contributed by atoms with Crippen LogP contribution in [0.25, 0.3) is 0 Å². The molecule has 0 aliphatic carbocycles. The Morgan fingerprint density at radius 3 is 2.06 bits per heavy atom. The number of rotatable bonds is 7. The molecule has 3 aromatic rings. The number of aliphatic hydroxyl groups is 1. The first-order valence-corrected chi connectivity index (χ1v) is 10.5. The van der Waals surface area contributed by atoms with E-state index < -0.39 is 12.3 Å². The van der Waals surface area contributed by atoms with Crippen LogP contribution in [0.2, 0.25) is 0 Å². The van der Waals surface area contributed by atoms with Gasteiger partial charge in [-0.25, -0.2) is 4.99 Å². The number of nitrogens with zero attached hydrogens (tertiary/aromatic N) is 3. The van der Waals surface area contributed by atoms with E-state index in [4.69, 9.17) is 9.84 Å². The van der Waals surface area contributed by atoms with Crippen molar-refractivity contribution in [2.75, 3.05) is 18.6 Å². The lowest BCUT2D eigenvalue weighted by Gasteiger charge is -2.37. The highest BCUT2D eigenvalue weighted by atomic mass is 16.5. The summed E-state index contributed by atoms with van der Waals surface area (Å²) >= 11 is 0. The van der Waals surface area contributed by atoms with Crippen LogP contribution in [0.15, 0.2) is 102 Å². The van der Waals surface area contributed by atoms with Crippen LogP contribution in [-0.4, -0.2) is 46.9 Å². The van der Waals surface area contributed by atoms with Crippen molar-refractivity contribution in [3.63, 3.8) is 0 Å². The molecule has 168 valence electrons. The third-order valence-corrected chi connectivity index (χ3v) is 5.36. The van der Waals surface area contributed by atoms with E-state index in [0.717, 1.165) is 22.6 Å². The van der Waals surface area contributed by atoms with Crippen molar-refractivity contribution < 1.29 is 19.7 Å². The normalized spacial score (nSPS) is 15.3. The number of hydrogen-bond acceptors (Lipinski definition) is 6. The number of aliphatic imine (C=N–C) groups is 1. The van der Waals surface area contributed by atoms with E-state index >= 15 is 0 Å². The number of carboxylic acids is 1. The highest BCUT2D eigenvalue weighted by molar-refractivity contribution is 6.07. The van der Waals surface area contributed by atoms with Gasteiger partial charge in [0.2, 0.25) is 6.35 Å². The molecule has 1 aliphatic rings. The van der Waals surface area contributed by atoms with Crippen molar-refractivity contribution in [2.45, 2.75) is 12.4 Å². The zero-order chi connectivity index (χ0) is 23.2. The van der Waals surface area contributed by atoms with Crippen LogP contribution in [0.5, 0.6) is 5.75 Å². The van der Waals surface area contributed by atoms with Gasteiger partial charge in [-0.15, -0.1) is 0 Å². The molecule has 3 aromatic carbocycles. The number of hydrogen-bond donors (Lipinski definition) is 2. The van der Waals surface area contributed by atoms with E-state index in [2.05, 4.69) is 29.3 Å². The van der Waals surface area contributed by atoms with E-state index in [0.29, 0.717) is 5.84 Å². The minimum absolute atomic E-state index is 0.248. The van der Waals surface area contributed by atoms with Crippen LogP contribution < -0.4 is 9.64 Å². The van der Waals surface area contributed by atoms with Crippen molar-refractivity contribution in [3.8, 4) is 5.75 Å². The Kier molecular flexibility index (Phi) is 6.71. The summed E-state index contributed by atoms with van der Waals surface area (Å²) in [5.74, 6) is 0.186. The van der Waals surface area contributed by atoms with Gasteiger partial charge in [0.15, 0.2) is 0 Å². The molecule has 33 heavy (non-hydrogen) atoms. The van der Waals surface area contributed by atoms with Gasteiger partial charge >= 0.3 is 5.97 Å². The largest absolute Gasteiger partial charge is 0.497 e. The third kappa shape index (κ3) is 5.05. The molecule has 2 N–H and O–H groups in total. The highest BCUT2D eigenvalue weighted by Crippen LogP contribution is 2.35. The highest BCUT2D eigenvalue weighted by Gasteiger charge is 2.29. The molecule has 1 atom stereocenters. The fraction of sp³-hybridized carbons (Fsp3) is 0.154. The van der Waals surface area contributed by atoms with Crippen LogP contribution >= 0.6 is 0 Å². The summed E-state index contributed by atoms with van der Waals surface area (Å²) < 4.78 is 5.33. The van der Waals surface area contributed by atoms with E-state index in [1.54, 1.807) is 19.4 Å². The molecular formula is C26H25N3O4. The molecule has 0 amide bonds. The summed E-state index contributed by atoms with van der Waals surface area (Å²) in [6, 6.07) is 27.4. The lowest BCUT2D eigenvalue weighted by Crippen LogP contribution is -2.42. The number of anilines is 1. The molecule has 0 fully saturated rings. The summed E-state index contributed by atoms with van der Waals surface area (Å²) in [6.07, 6.45) is 1.97. The van der Waals surface area contributed by atoms with Gasteiger partial charge in [0.1, 0.15) is 18.1 Å². The standard InChI is InChI=1S/C26H25N3O4/c1-33-22-14-12-21(13-15-22)29(23-16-17-28(18-24(30)31)26(32)27-23)25(19-8-4-2-5-9-19)20-10-6-3-7-11-20/h2-17,25-26,32H,18H2,1H3,(H,30,31). The van der Waals surface area contributed by atoms with Crippen LogP contribution in [0, 0.1) is 0 Å². The van der Waals surface area contributed by atoms with Gasteiger partial charge < -0.3 is 24.7 Å². The molecule has 0 saturated heterocycles. The molecular weight excluding hydrogens is 418 g/mol. The third-order valence-electron chi connectivity index (χ3n) is 5.36. The van der Waals surface area contributed by atoms with Crippen molar-refractivity contribution in [2.24, 2.45) is 4.99 Å². The fourth-order valence-corrected chi connectivity index (χ4v) is 3.83. The Morgan fingerprint density at radius 1 is 1.00 bits per heavy atom. The number of aliphatic hydroxyl groups excluding tert-OH is 1. The average molecular weight is 444 g/mol. The number of aliphatic carboxylic acids is 1. The predicted octanol–water partition coefficient (Wildman–Crippen LogP) is 3.88. The van der Waals surface area contributed by atoms with Crippen LogP contribution in [0.4, 0.5) is 5.69 Å². The summed E-state index contributed by atoms with van der Waals surface area (Å²) in [4.78, 5) is 18.9. The molecule has 1 aliphatic heterocycles. The summed E-state index contributed by atoms with van der Waals surface area (Å²) in [5, 5.41) is 19.7. The zero-order valence-corrected chi connectivity index (χ0v) is 18.2. The first kappa shape index (κ1) is 22.1. The topological polar surface area (TPSA) is 85.6 Å². The predicted molar refractivity (Wildman–Crippen MR) is 127 cm³/mol. The molecule has 7 heteroatoms. The van der Waals surface area contributed by atoms with E-state index in [1.807, 2.05) is 65.6 Å². The number of ether oxygens (including phenoxy) is 1. The first-order valence-electron chi connectivity index (χ1n) is 10.5. The number of carbonyl (C=O) groups is 1. The quantitative estimate of drug-likeness (QED) is 0.577. The molecule has 0 radical (unpaired) electrons. The van der Waals surface area contributed by atoms with Gasteiger partial charge in [-0.05, 0) is 41.5 Å². The Labute approximate surface area is 192 Å². The van der Waals surface area contributed by atoms with Gasteiger partial charge in [0.25, 0.3) is 0 Å². The van der Waals surface area contributed by atoms with Gasteiger partial charge in [0, 0.05) is 11.9 Å². The Bertz CT molecular complexity index is 1090. The first-order chi connectivity index (χ1) is 16.1. The molecule has 4 rings (SSSR count). The smallest absolute Gasteiger partial charge is 0.323 e. The SMILES string of the molecule is COc1ccc(N(C2=NC(O)N(CC(=O)O)C=C2)C(c2ccccc2)c2ccccc2)cc1. The monoisotopic (exact) mass is 443 g/mol. The lowest BCUT2D eigenvalue weighted by atomic mass is 9.96. The van der Waals surface area contributed by atoms with E-state index in [1.165, 1.54) is 4.90 Å². The average Bonchev–Trinajstić information content (AvgIpc) is 2.85. The Morgan fingerprint density at radius 2 is 1.58 bits per heavy atom. The van der Waals surface area contributed by atoms with Crippen molar-refractivity contribution in [1.29, 1.82) is 0 Å². The maximum Gasteiger partial charge on any atom is 0.323 e. The van der Waals surface area contributed by atoms with E-state index in [9.17, 15) is 9.90 Å².